The maximum absolute atomic E-state index is 12.0. The number of aromatic nitrogens is 2. The van der Waals surface area contributed by atoms with Gasteiger partial charge in [0.15, 0.2) is 0 Å². The van der Waals surface area contributed by atoms with Crippen LogP contribution in [0.25, 0.3) is 0 Å². The van der Waals surface area contributed by atoms with Gasteiger partial charge in [-0.1, -0.05) is 5.16 Å². The third kappa shape index (κ3) is 2.93. The third-order valence-electron chi connectivity index (χ3n) is 3.56. The fourth-order valence-corrected chi connectivity index (χ4v) is 2.46. The molecule has 3 heterocycles. The van der Waals surface area contributed by atoms with Crippen molar-refractivity contribution in [3.63, 3.8) is 0 Å². The molecule has 7 heteroatoms. The van der Waals surface area contributed by atoms with Crippen LogP contribution in [0, 0.1) is 0 Å². The third-order valence-corrected chi connectivity index (χ3v) is 3.56. The minimum Gasteiger partial charge on any atom is -0.381 e. The summed E-state index contributed by atoms with van der Waals surface area (Å²) in [5, 5.41) is 9.93. The molecule has 2 fully saturated rings. The molecular formula is C12H18N4O3. The maximum atomic E-state index is 12.0. The minimum atomic E-state index is -0.264. The predicted molar refractivity (Wildman–Crippen MR) is 65.6 cm³/mol. The Morgan fingerprint density at radius 3 is 2.89 bits per heavy atom. The van der Waals surface area contributed by atoms with Crippen LogP contribution in [-0.2, 0) is 4.74 Å². The number of ether oxygens (including phenoxy) is 1. The van der Waals surface area contributed by atoms with Crippen LogP contribution in [0.1, 0.15) is 48.2 Å². The van der Waals surface area contributed by atoms with Crippen molar-refractivity contribution in [2.45, 2.75) is 37.8 Å². The average molecular weight is 266 g/mol. The number of hydrogen-bond donors (Lipinski definition) is 2. The molecule has 0 saturated carbocycles. The number of amides is 1. The summed E-state index contributed by atoms with van der Waals surface area (Å²) >= 11 is 0. The van der Waals surface area contributed by atoms with Crippen molar-refractivity contribution in [1.29, 1.82) is 0 Å². The predicted octanol–water partition coefficient (Wildman–Crippen LogP) is 0.403. The number of nitrogens with zero attached hydrogens (tertiary/aromatic N) is 2. The Labute approximate surface area is 111 Å². The molecule has 1 amide bonds. The van der Waals surface area contributed by atoms with E-state index in [1.165, 1.54) is 0 Å². The molecule has 1 unspecified atom stereocenters. The first kappa shape index (κ1) is 12.6. The van der Waals surface area contributed by atoms with Crippen LogP contribution in [0.15, 0.2) is 4.52 Å². The van der Waals surface area contributed by atoms with Gasteiger partial charge < -0.3 is 19.9 Å². The molecule has 1 aromatic heterocycles. The van der Waals surface area contributed by atoms with Crippen molar-refractivity contribution < 1.29 is 14.1 Å². The van der Waals surface area contributed by atoms with Crippen LogP contribution < -0.4 is 10.6 Å². The molecule has 0 radical (unpaired) electrons. The highest BCUT2D eigenvalue weighted by atomic mass is 16.5. The van der Waals surface area contributed by atoms with Crippen molar-refractivity contribution in [3.8, 4) is 0 Å². The van der Waals surface area contributed by atoms with Gasteiger partial charge in [0.25, 0.3) is 11.7 Å². The SMILES string of the molecule is O=C(NC1CCOCC1)c1noc(C2CCCN2)n1. The molecule has 1 aromatic rings. The molecule has 0 aliphatic carbocycles. The highest BCUT2D eigenvalue weighted by Gasteiger charge is 2.25. The molecule has 0 spiro atoms. The van der Waals surface area contributed by atoms with Gasteiger partial charge in [0.05, 0.1) is 6.04 Å². The van der Waals surface area contributed by atoms with Gasteiger partial charge >= 0.3 is 0 Å². The van der Waals surface area contributed by atoms with E-state index in [0.717, 1.165) is 32.2 Å². The number of carbonyl (C=O) groups is 1. The largest absolute Gasteiger partial charge is 0.381 e. The summed E-state index contributed by atoms with van der Waals surface area (Å²) in [5.74, 6) is 0.365. The summed E-state index contributed by atoms with van der Waals surface area (Å²) in [6, 6.07) is 0.241. The zero-order valence-corrected chi connectivity index (χ0v) is 10.7. The van der Waals surface area contributed by atoms with Gasteiger partial charge in [-0.15, -0.1) is 0 Å². The fraction of sp³-hybridized carbons (Fsp3) is 0.750. The Kier molecular flexibility index (Phi) is 3.74. The van der Waals surface area contributed by atoms with E-state index in [9.17, 15) is 4.79 Å². The smallest absolute Gasteiger partial charge is 0.292 e. The molecular weight excluding hydrogens is 248 g/mol. The number of rotatable bonds is 3. The molecule has 104 valence electrons. The molecule has 2 N–H and O–H groups in total. The summed E-state index contributed by atoms with van der Waals surface area (Å²) in [4.78, 5) is 16.2. The standard InChI is InChI=1S/C12H18N4O3/c17-11(14-8-3-6-18-7-4-8)10-15-12(19-16-10)9-2-1-5-13-9/h8-9,13H,1-7H2,(H,14,17). The fourth-order valence-electron chi connectivity index (χ4n) is 2.46. The molecule has 2 aliphatic rings. The first-order valence-corrected chi connectivity index (χ1v) is 6.78. The second-order valence-corrected chi connectivity index (χ2v) is 4.97. The second-order valence-electron chi connectivity index (χ2n) is 4.97. The summed E-state index contributed by atoms with van der Waals surface area (Å²) in [6.45, 7) is 2.33. The average Bonchev–Trinajstić information content (AvgIpc) is 3.11. The van der Waals surface area contributed by atoms with Crippen LogP contribution >= 0.6 is 0 Å². The van der Waals surface area contributed by atoms with Crippen molar-refractivity contribution in [1.82, 2.24) is 20.8 Å². The molecule has 19 heavy (non-hydrogen) atoms. The van der Waals surface area contributed by atoms with Crippen LogP contribution in [0.3, 0.4) is 0 Å². The summed E-state index contributed by atoms with van der Waals surface area (Å²) in [5.41, 5.74) is 0. The minimum absolute atomic E-state index is 0.0946. The van der Waals surface area contributed by atoms with Gasteiger partial charge in [0, 0.05) is 19.3 Å². The lowest BCUT2D eigenvalue weighted by atomic mass is 10.1. The van der Waals surface area contributed by atoms with E-state index in [4.69, 9.17) is 9.26 Å². The van der Waals surface area contributed by atoms with E-state index in [1.807, 2.05) is 0 Å². The second kappa shape index (κ2) is 5.66. The van der Waals surface area contributed by atoms with Gasteiger partial charge in [-0.25, -0.2) is 0 Å². The molecule has 0 bridgehead atoms. The van der Waals surface area contributed by atoms with Gasteiger partial charge in [0.2, 0.25) is 5.89 Å². The molecule has 7 nitrogen and oxygen atoms in total. The topological polar surface area (TPSA) is 89.3 Å². The molecule has 0 aromatic carbocycles. The van der Waals surface area contributed by atoms with E-state index in [2.05, 4.69) is 20.8 Å². The molecule has 1 atom stereocenters. The summed E-state index contributed by atoms with van der Waals surface area (Å²) in [7, 11) is 0. The van der Waals surface area contributed by atoms with Crippen molar-refractivity contribution in [2.75, 3.05) is 19.8 Å². The first-order valence-electron chi connectivity index (χ1n) is 6.78. The normalized spacial score (nSPS) is 24.5. The highest BCUT2D eigenvalue weighted by molar-refractivity contribution is 5.90. The zero-order chi connectivity index (χ0) is 13.1. The maximum Gasteiger partial charge on any atom is 0.292 e. The molecule has 2 aliphatic heterocycles. The summed E-state index contributed by atoms with van der Waals surface area (Å²) < 4.78 is 10.4. The van der Waals surface area contributed by atoms with Crippen molar-refractivity contribution in [3.05, 3.63) is 11.7 Å². The molecule has 2 saturated heterocycles. The first-order chi connectivity index (χ1) is 9.33. The van der Waals surface area contributed by atoms with E-state index >= 15 is 0 Å². The lowest BCUT2D eigenvalue weighted by Crippen LogP contribution is -2.39. The van der Waals surface area contributed by atoms with Gasteiger partial charge in [0.1, 0.15) is 0 Å². The lowest BCUT2D eigenvalue weighted by molar-refractivity contribution is 0.0690. The van der Waals surface area contributed by atoms with Crippen molar-refractivity contribution >= 4 is 5.91 Å². The van der Waals surface area contributed by atoms with Gasteiger partial charge in [-0.3, -0.25) is 4.79 Å². The number of hydrogen-bond acceptors (Lipinski definition) is 6. The van der Waals surface area contributed by atoms with E-state index in [0.29, 0.717) is 19.1 Å². The lowest BCUT2D eigenvalue weighted by Gasteiger charge is -2.22. The Morgan fingerprint density at radius 2 is 2.16 bits per heavy atom. The van der Waals surface area contributed by atoms with E-state index < -0.39 is 0 Å². The number of carbonyl (C=O) groups excluding carboxylic acids is 1. The Balaban J connectivity index is 1.59. The van der Waals surface area contributed by atoms with E-state index in [1.54, 1.807) is 0 Å². The van der Waals surface area contributed by atoms with Crippen LogP contribution in [-0.4, -0.2) is 41.8 Å². The summed E-state index contributed by atoms with van der Waals surface area (Å²) in [6.07, 6.45) is 3.74. The number of nitrogens with one attached hydrogen (secondary N) is 2. The van der Waals surface area contributed by atoms with Crippen LogP contribution in [0.4, 0.5) is 0 Å². The zero-order valence-electron chi connectivity index (χ0n) is 10.7. The van der Waals surface area contributed by atoms with Crippen LogP contribution in [0.5, 0.6) is 0 Å². The van der Waals surface area contributed by atoms with Gasteiger partial charge in [-0.05, 0) is 32.2 Å². The Hall–Kier alpha value is -1.47. The van der Waals surface area contributed by atoms with Gasteiger partial charge in [-0.2, -0.15) is 4.98 Å². The molecule has 3 rings (SSSR count). The Morgan fingerprint density at radius 1 is 1.32 bits per heavy atom. The highest BCUT2D eigenvalue weighted by Crippen LogP contribution is 2.21. The van der Waals surface area contributed by atoms with Crippen molar-refractivity contribution in [2.24, 2.45) is 0 Å². The quantitative estimate of drug-likeness (QED) is 0.823. The van der Waals surface area contributed by atoms with E-state index in [-0.39, 0.29) is 23.8 Å². The van der Waals surface area contributed by atoms with Crippen LogP contribution in [0.2, 0.25) is 0 Å². The monoisotopic (exact) mass is 266 g/mol. The Bertz CT molecular complexity index is 436.